The number of rotatable bonds is 8. The summed E-state index contributed by atoms with van der Waals surface area (Å²) in [6, 6.07) is 15.9. The molecule has 4 aromatic rings. The molecule has 35 heavy (non-hydrogen) atoms. The second-order valence-electron chi connectivity index (χ2n) is 7.90. The van der Waals surface area contributed by atoms with E-state index in [1.54, 1.807) is 68.0 Å². The van der Waals surface area contributed by atoms with Gasteiger partial charge in [-0.2, -0.15) is 0 Å². The number of hydrogen-bond acceptors (Lipinski definition) is 7. The van der Waals surface area contributed by atoms with Crippen LogP contribution in [0.3, 0.4) is 0 Å². The van der Waals surface area contributed by atoms with E-state index in [4.69, 9.17) is 25.8 Å². The van der Waals surface area contributed by atoms with E-state index in [-0.39, 0.29) is 5.75 Å². The zero-order chi connectivity index (χ0) is 24.8. The van der Waals surface area contributed by atoms with Crippen LogP contribution in [0.2, 0.25) is 5.02 Å². The molecule has 0 radical (unpaired) electrons. The molecule has 0 atom stereocenters. The Morgan fingerprint density at radius 1 is 0.943 bits per heavy atom. The van der Waals surface area contributed by atoms with Gasteiger partial charge in [-0.1, -0.05) is 11.6 Å². The largest absolute Gasteiger partial charge is 0.497 e. The van der Waals surface area contributed by atoms with Crippen LogP contribution in [-0.2, 0) is 0 Å². The summed E-state index contributed by atoms with van der Waals surface area (Å²) in [5.74, 6) is 1.66. The van der Waals surface area contributed by atoms with Crippen molar-refractivity contribution in [3.63, 3.8) is 0 Å². The van der Waals surface area contributed by atoms with E-state index in [0.717, 1.165) is 23.4 Å². The maximum absolute atomic E-state index is 12.6. The Balaban J connectivity index is 1.51. The molecule has 0 spiro atoms. The molecule has 8 nitrogen and oxygen atoms in total. The van der Waals surface area contributed by atoms with Gasteiger partial charge in [0.15, 0.2) is 5.75 Å². The predicted molar refractivity (Wildman–Crippen MR) is 137 cm³/mol. The van der Waals surface area contributed by atoms with Crippen molar-refractivity contribution >= 4 is 34.4 Å². The molecule has 1 heterocycles. The molecule has 9 heteroatoms. The van der Waals surface area contributed by atoms with Gasteiger partial charge in [0, 0.05) is 40.8 Å². The third-order valence-electron chi connectivity index (χ3n) is 5.16. The molecule has 1 N–H and O–H groups in total. The SMILES string of the molecule is COc1ccc(Cl)c(-c2ccc(OC(=O)Nc3ccc(OCCN(C)C)cc3)c3nccnc23)c1. The smallest absolute Gasteiger partial charge is 0.417 e. The van der Waals surface area contributed by atoms with Crippen molar-refractivity contribution in [2.45, 2.75) is 0 Å². The number of methoxy groups -OCH3 is 1. The van der Waals surface area contributed by atoms with Crippen LogP contribution in [-0.4, -0.2) is 55.3 Å². The van der Waals surface area contributed by atoms with Gasteiger partial charge < -0.3 is 19.1 Å². The quantitative estimate of drug-likeness (QED) is 0.347. The number of nitrogens with zero attached hydrogens (tertiary/aromatic N) is 3. The summed E-state index contributed by atoms with van der Waals surface area (Å²) in [6.45, 7) is 1.39. The van der Waals surface area contributed by atoms with Crippen molar-refractivity contribution < 1.29 is 19.0 Å². The van der Waals surface area contributed by atoms with E-state index in [1.165, 1.54) is 0 Å². The molecular formula is C26H25ClN4O4. The lowest BCUT2D eigenvalue weighted by atomic mass is 10.0. The van der Waals surface area contributed by atoms with Gasteiger partial charge in [-0.15, -0.1) is 0 Å². The Kier molecular flexibility index (Phi) is 7.64. The molecule has 0 saturated heterocycles. The van der Waals surface area contributed by atoms with Gasteiger partial charge in [-0.3, -0.25) is 10.3 Å². The molecule has 1 amide bonds. The first-order valence-electron chi connectivity index (χ1n) is 10.9. The fourth-order valence-electron chi connectivity index (χ4n) is 3.39. The van der Waals surface area contributed by atoms with E-state index < -0.39 is 6.09 Å². The van der Waals surface area contributed by atoms with Crippen LogP contribution in [0.25, 0.3) is 22.2 Å². The molecule has 180 valence electrons. The Bertz CT molecular complexity index is 1330. The van der Waals surface area contributed by atoms with Crippen LogP contribution in [0.4, 0.5) is 10.5 Å². The summed E-state index contributed by atoms with van der Waals surface area (Å²) in [6.07, 6.45) is 2.47. The van der Waals surface area contributed by atoms with Crippen molar-refractivity contribution in [1.82, 2.24) is 14.9 Å². The number of likely N-dealkylation sites (N-methyl/N-ethyl adjacent to an activating group) is 1. The molecule has 0 unspecified atom stereocenters. The number of ether oxygens (including phenoxy) is 3. The number of anilines is 1. The van der Waals surface area contributed by atoms with Crippen molar-refractivity contribution in [3.05, 3.63) is 72.0 Å². The highest BCUT2D eigenvalue weighted by molar-refractivity contribution is 6.33. The van der Waals surface area contributed by atoms with Gasteiger partial charge >= 0.3 is 6.09 Å². The van der Waals surface area contributed by atoms with Crippen LogP contribution in [0, 0.1) is 0 Å². The number of aromatic nitrogens is 2. The number of carbonyl (C=O) groups is 1. The van der Waals surface area contributed by atoms with Gasteiger partial charge in [-0.25, -0.2) is 9.78 Å². The lowest BCUT2D eigenvalue weighted by Gasteiger charge is -2.13. The number of halogens is 1. The summed E-state index contributed by atoms with van der Waals surface area (Å²) >= 11 is 6.45. The summed E-state index contributed by atoms with van der Waals surface area (Å²) in [5, 5.41) is 3.26. The molecule has 0 fully saturated rings. The number of hydrogen-bond donors (Lipinski definition) is 1. The molecule has 0 saturated carbocycles. The first-order chi connectivity index (χ1) is 16.9. The van der Waals surface area contributed by atoms with Gasteiger partial charge in [0.25, 0.3) is 0 Å². The second kappa shape index (κ2) is 11.0. The number of nitrogens with one attached hydrogen (secondary N) is 1. The summed E-state index contributed by atoms with van der Waals surface area (Å²) in [4.78, 5) is 23.5. The van der Waals surface area contributed by atoms with E-state index in [0.29, 0.717) is 34.1 Å². The van der Waals surface area contributed by atoms with Gasteiger partial charge in [-0.05, 0) is 68.7 Å². The molecule has 0 aliphatic carbocycles. The first-order valence-corrected chi connectivity index (χ1v) is 11.3. The second-order valence-corrected chi connectivity index (χ2v) is 8.31. The standard InChI is InChI=1S/C26H25ClN4O4/c1-31(2)14-15-34-18-6-4-17(5-7-18)30-26(32)35-23-11-9-20(24-25(23)29-13-12-28-24)21-16-19(33-3)8-10-22(21)27/h4-13,16H,14-15H2,1-3H3,(H,30,32). The van der Waals surface area contributed by atoms with Crippen LogP contribution >= 0.6 is 11.6 Å². The minimum absolute atomic E-state index is 0.275. The average Bonchev–Trinajstić information content (AvgIpc) is 2.86. The maximum Gasteiger partial charge on any atom is 0.417 e. The normalized spacial score (nSPS) is 10.9. The molecule has 4 rings (SSSR count). The van der Waals surface area contributed by atoms with Crippen LogP contribution in [0.15, 0.2) is 67.0 Å². The van der Waals surface area contributed by atoms with Gasteiger partial charge in [0.2, 0.25) is 0 Å². The number of benzene rings is 3. The van der Waals surface area contributed by atoms with Gasteiger partial charge in [0.1, 0.15) is 29.1 Å². The van der Waals surface area contributed by atoms with E-state index in [1.807, 2.05) is 25.1 Å². The summed E-state index contributed by atoms with van der Waals surface area (Å²) < 4.78 is 16.6. The van der Waals surface area contributed by atoms with Crippen molar-refractivity contribution in [2.24, 2.45) is 0 Å². The molecule has 1 aromatic heterocycles. The van der Waals surface area contributed by atoms with Crippen LogP contribution < -0.4 is 19.5 Å². The van der Waals surface area contributed by atoms with E-state index in [2.05, 4.69) is 15.3 Å². The third kappa shape index (κ3) is 5.98. The number of carbonyl (C=O) groups excluding carboxylic acids is 1. The Labute approximate surface area is 208 Å². The minimum Gasteiger partial charge on any atom is -0.497 e. The predicted octanol–water partition coefficient (Wildman–Crippen LogP) is 5.51. The molecular weight excluding hydrogens is 468 g/mol. The van der Waals surface area contributed by atoms with Gasteiger partial charge in [0.05, 0.1) is 7.11 Å². The lowest BCUT2D eigenvalue weighted by molar-refractivity contribution is 0.215. The Morgan fingerprint density at radius 2 is 1.66 bits per heavy atom. The summed E-state index contributed by atoms with van der Waals surface area (Å²) in [7, 11) is 5.56. The maximum atomic E-state index is 12.6. The lowest BCUT2D eigenvalue weighted by Crippen LogP contribution is -2.19. The topological polar surface area (TPSA) is 85.8 Å². The van der Waals surface area contributed by atoms with Crippen molar-refractivity contribution in [1.29, 1.82) is 0 Å². The van der Waals surface area contributed by atoms with Crippen LogP contribution in [0.5, 0.6) is 17.2 Å². The molecule has 0 aliphatic rings. The molecule has 0 aliphatic heterocycles. The zero-order valence-corrected chi connectivity index (χ0v) is 20.4. The molecule has 0 bridgehead atoms. The van der Waals surface area contributed by atoms with E-state index >= 15 is 0 Å². The highest BCUT2D eigenvalue weighted by Crippen LogP contribution is 2.37. The fraction of sp³-hybridized carbons (Fsp3) is 0.192. The van der Waals surface area contributed by atoms with Crippen molar-refractivity contribution in [2.75, 3.05) is 39.7 Å². The van der Waals surface area contributed by atoms with Crippen LogP contribution in [0.1, 0.15) is 0 Å². The van der Waals surface area contributed by atoms with Crippen molar-refractivity contribution in [3.8, 4) is 28.4 Å². The van der Waals surface area contributed by atoms with E-state index in [9.17, 15) is 4.79 Å². The number of fused-ring (bicyclic) bond motifs is 1. The average molecular weight is 493 g/mol. The third-order valence-corrected chi connectivity index (χ3v) is 5.49. The Morgan fingerprint density at radius 3 is 2.37 bits per heavy atom. The summed E-state index contributed by atoms with van der Waals surface area (Å²) in [5.41, 5.74) is 3.04. The Hall–Kier alpha value is -3.88. The highest BCUT2D eigenvalue weighted by Gasteiger charge is 2.16. The zero-order valence-electron chi connectivity index (χ0n) is 19.6. The molecule has 3 aromatic carbocycles. The minimum atomic E-state index is -0.648. The fourth-order valence-corrected chi connectivity index (χ4v) is 3.61. The monoisotopic (exact) mass is 492 g/mol. The highest BCUT2D eigenvalue weighted by atomic mass is 35.5. The first kappa shape index (κ1) is 24.3. The number of amides is 1.